The molecule has 1 aliphatic rings. The average Bonchev–Trinajstić information content (AvgIpc) is 2.04. The van der Waals surface area contributed by atoms with Crippen molar-refractivity contribution in [2.75, 3.05) is 31.1 Å². The maximum absolute atomic E-state index is 10.9. The van der Waals surface area contributed by atoms with Gasteiger partial charge in [0.2, 0.25) is 0 Å². The molecule has 1 saturated heterocycles. The quantitative estimate of drug-likeness (QED) is 0.647. The highest BCUT2D eigenvalue weighted by Gasteiger charge is 2.12. The molecule has 1 aliphatic heterocycles. The van der Waals surface area contributed by atoms with Gasteiger partial charge < -0.3 is 0 Å². The number of nitrogens with zero attached hydrogens (tertiary/aromatic N) is 1. The molecule has 0 radical (unpaired) electrons. The zero-order valence-electron chi connectivity index (χ0n) is 6.33. The Morgan fingerprint density at radius 3 is 2.64 bits per heavy atom. The first-order chi connectivity index (χ1) is 5.33. The van der Waals surface area contributed by atoms with Crippen LogP contribution in [-0.4, -0.2) is 40.2 Å². The molecule has 1 rings (SSSR count). The number of halogens is 1. The van der Waals surface area contributed by atoms with Crippen LogP contribution in [0.4, 0.5) is 0 Å². The summed E-state index contributed by atoms with van der Waals surface area (Å²) >= 11 is 5.38. The smallest absolute Gasteiger partial charge is 0.0363 e. The van der Waals surface area contributed by atoms with Crippen LogP contribution in [-0.2, 0) is 10.8 Å². The summed E-state index contributed by atoms with van der Waals surface area (Å²) in [6.07, 6.45) is 1.91. The van der Waals surface area contributed by atoms with Gasteiger partial charge in [0.05, 0.1) is 0 Å². The number of rotatable bonds is 2. The third-order valence-electron chi connectivity index (χ3n) is 1.72. The lowest BCUT2D eigenvalue weighted by atomic mass is 10.4. The molecule has 2 nitrogen and oxygen atoms in total. The Balaban J connectivity index is 2.22. The second kappa shape index (κ2) is 4.91. The Labute approximate surface area is 74.7 Å². The summed E-state index contributed by atoms with van der Waals surface area (Å²) in [5.41, 5.74) is 1.53. The Hall–Kier alpha value is 0.140. The van der Waals surface area contributed by atoms with E-state index in [1.165, 1.54) is 5.54 Å². The van der Waals surface area contributed by atoms with Crippen molar-refractivity contribution < 1.29 is 4.21 Å². The number of hydrogen-bond acceptors (Lipinski definition) is 2. The van der Waals surface area contributed by atoms with Gasteiger partial charge >= 0.3 is 0 Å². The Morgan fingerprint density at radius 2 is 2.09 bits per heavy atom. The van der Waals surface area contributed by atoms with E-state index in [0.717, 1.165) is 31.1 Å². The van der Waals surface area contributed by atoms with Gasteiger partial charge in [0, 0.05) is 47.5 Å². The predicted molar refractivity (Wildman–Crippen MR) is 49.3 cm³/mol. The first-order valence-electron chi connectivity index (χ1n) is 3.65. The molecule has 0 bridgehead atoms. The molecule has 0 amide bonds. The molecule has 1 heterocycles. The molecule has 11 heavy (non-hydrogen) atoms. The van der Waals surface area contributed by atoms with Crippen LogP contribution in [0, 0.1) is 0 Å². The van der Waals surface area contributed by atoms with E-state index in [4.69, 9.17) is 11.6 Å². The minimum atomic E-state index is -0.565. The van der Waals surface area contributed by atoms with E-state index < -0.39 is 10.8 Å². The summed E-state index contributed by atoms with van der Waals surface area (Å²) in [6, 6.07) is 0. The molecule has 0 unspecified atom stereocenters. The largest absolute Gasteiger partial charge is 0.298 e. The summed E-state index contributed by atoms with van der Waals surface area (Å²) in [5.74, 6) is 1.63. The first-order valence-corrected chi connectivity index (χ1v) is 5.58. The monoisotopic (exact) mass is 193 g/mol. The number of hydrogen-bond donors (Lipinski definition) is 0. The van der Waals surface area contributed by atoms with Crippen LogP contribution < -0.4 is 0 Å². The van der Waals surface area contributed by atoms with E-state index in [1.807, 2.05) is 6.08 Å². The van der Waals surface area contributed by atoms with Gasteiger partial charge in [0.1, 0.15) is 0 Å². The lowest BCUT2D eigenvalue weighted by Crippen LogP contribution is -2.37. The van der Waals surface area contributed by atoms with Crippen LogP contribution >= 0.6 is 11.6 Å². The third kappa shape index (κ3) is 3.36. The van der Waals surface area contributed by atoms with Gasteiger partial charge in [-0.15, -0.1) is 0 Å². The molecule has 0 aromatic rings. The maximum atomic E-state index is 10.9. The molecule has 64 valence electrons. The van der Waals surface area contributed by atoms with E-state index in [-0.39, 0.29) is 0 Å². The normalized spacial score (nSPS) is 23.0. The van der Waals surface area contributed by atoms with Crippen molar-refractivity contribution in [1.29, 1.82) is 0 Å². The third-order valence-corrected chi connectivity index (χ3v) is 3.18. The van der Waals surface area contributed by atoms with Gasteiger partial charge in [0.25, 0.3) is 0 Å². The second-order valence-electron chi connectivity index (χ2n) is 2.51. The Bertz CT molecular complexity index is 162. The maximum Gasteiger partial charge on any atom is 0.0363 e. The molecular weight excluding hydrogens is 182 g/mol. The molecule has 0 spiro atoms. The lowest BCUT2D eigenvalue weighted by Gasteiger charge is -2.24. The van der Waals surface area contributed by atoms with Gasteiger partial charge in [-0.1, -0.05) is 17.7 Å². The van der Waals surface area contributed by atoms with Crippen molar-refractivity contribution in [3.05, 3.63) is 11.6 Å². The average molecular weight is 194 g/mol. The van der Waals surface area contributed by atoms with Crippen LogP contribution in [0.5, 0.6) is 0 Å². The van der Waals surface area contributed by atoms with Crippen molar-refractivity contribution in [2.45, 2.75) is 0 Å². The molecule has 0 N–H and O–H groups in total. The van der Waals surface area contributed by atoms with Crippen LogP contribution in [0.25, 0.3) is 0 Å². The van der Waals surface area contributed by atoms with Crippen LogP contribution in [0.3, 0.4) is 0 Å². The zero-order valence-corrected chi connectivity index (χ0v) is 7.90. The fraction of sp³-hybridized carbons (Fsp3) is 0.714. The van der Waals surface area contributed by atoms with E-state index in [1.54, 1.807) is 0 Å². The summed E-state index contributed by atoms with van der Waals surface area (Å²) < 4.78 is 10.9. The lowest BCUT2D eigenvalue weighted by molar-refractivity contribution is 0.332. The summed E-state index contributed by atoms with van der Waals surface area (Å²) in [5, 5.41) is 0. The molecule has 0 aromatic carbocycles. The SMILES string of the molecule is O=S1CCN(C/C=C/Cl)CC1. The van der Waals surface area contributed by atoms with Crippen LogP contribution in [0.2, 0.25) is 0 Å². The van der Waals surface area contributed by atoms with Gasteiger partial charge in [-0.2, -0.15) is 0 Å². The van der Waals surface area contributed by atoms with E-state index >= 15 is 0 Å². The van der Waals surface area contributed by atoms with Crippen LogP contribution in [0.15, 0.2) is 11.6 Å². The van der Waals surface area contributed by atoms with Gasteiger partial charge in [-0.25, -0.2) is 0 Å². The molecule has 1 fully saturated rings. The van der Waals surface area contributed by atoms with Gasteiger partial charge in [-0.05, 0) is 0 Å². The molecular formula is C7H12ClNOS. The van der Waals surface area contributed by atoms with Crippen molar-refractivity contribution in [2.24, 2.45) is 0 Å². The van der Waals surface area contributed by atoms with Crippen LogP contribution in [0.1, 0.15) is 0 Å². The fourth-order valence-electron chi connectivity index (χ4n) is 1.05. The van der Waals surface area contributed by atoms with Crippen molar-refractivity contribution >= 4 is 22.4 Å². The highest BCUT2D eigenvalue weighted by molar-refractivity contribution is 7.85. The first kappa shape index (κ1) is 9.23. The minimum absolute atomic E-state index is 0.565. The molecule has 0 aromatic heterocycles. The molecule has 0 saturated carbocycles. The van der Waals surface area contributed by atoms with E-state index in [2.05, 4.69) is 4.90 Å². The second-order valence-corrected chi connectivity index (χ2v) is 4.46. The molecule has 4 heteroatoms. The Morgan fingerprint density at radius 1 is 1.45 bits per heavy atom. The van der Waals surface area contributed by atoms with Crippen molar-refractivity contribution in [1.82, 2.24) is 4.90 Å². The fourth-order valence-corrected chi connectivity index (χ4v) is 2.25. The Kier molecular flexibility index (Phi) is 4.12. The summed E-state index contributed by atoms with van der Waals surface area (Å²) in [4.78, 5) is 2.25. The highest BCUT2D eigenvalue weighted by Crippen LogP contribution is 1.99. The van der Waals surface area contributed by atoms with Crippen molar-refractivity contribution in [3.63, 3.8) is 0 Å². The molecule has 0 atom stereocenters. The predicted octanol–water partition coefficient (Wildman–Crippen LogP) is 0.803. The highest BCUT2D eigenvalue weighted by atomic mass is 35.5. The van der Waals surface area contributed by atoms with E-state index in [0.29, 0.717) is 0 Å². The van der Waals surface area contributed by atoms with Gasteiger partial charge in [-0.3, -0.25) is 9.11 Å². The standard InChI is InChI=1S/C7H12ClNOS/c8-2-1-3-9-4-6-11(10)7-5-9/h1-2H,3-7H2/b2-1+. The summed E-state index contributed by atoms with van der Waals surface area (Å²) in [6.45, 7) is 2.77. The van der Waals surface area contributed by atoms with E-state index in [9.17, 15) is 4.21 Å². The summed E-state index contributed by atoms with van der Waals surface area (Å²) in [7, 11) is -0.565. The van der Waals surface area contributed by atoms with Crippen molar-refractivity contribution in [3.8, 4) is 0 Å². The molecule has 0 aliphatic carbocycles. The van der Waals surface area contributed by atoms with Gasteiger partial charge in [0.15, 0.2) is 0 Å². The minimum Gasteiger partial charge on any atom is -0.298 e. The zero-order chi connectivity index (χ0) is 8.10. The topological polar surface area (TPSA) is 20.3 Å².